The molecular weight excluding hydrogens is 410 g/mol. The number of aromatic nitrogens is 3. The zero-order valence-electron chi connectivity index (χ0n) is 17.3. The van der Waals surface area contributed by atoms with Crippen LogP contribution in [-0.2, 0) is 28.0 Å². The molecule has 8 heteroatoms. The maximum atomic E-state index is 12.7. The van der Waals surface area contributed by atoms with Gasteiger partial charge in [0.2, 0.25) is 5.91 Å². The molecule has 2 aliphatic heterocycles. The summed E-state index contributed by atoms with van der Waals surface area (Å²) in [5.41, 5.74) is 9.30. The van der Waals surface area contributed by atoms with Crippen LogP contribution in [-0.4, -0.2) is 45.5 Å². The Kier molecular flexibility index (Phi) is 5.41. The Morgan fingerprint density at radius 2 is 2.00 bits per heavy atom. The number of thiazole rings is 1. The Labute approximate surface area is 185 Å². The second-order valence-corrected chi connectivity index (χ2v) is 8.97. The van der Waals surface area contributed by atoms with Crippen molar-refractivity contribution in [3.05, 3.63) is 58.9 Å². The van der Waals surface area contributed by atoms with Crippen molar-refractivity contribution in [3.8, 4) is 11.4 Å². The molecule has 5 rings (SSSR count). The molecule has 4 heterocycles. The molecule has 1 saturated heterocycles. The molecule has 0 bridgehead atoms. The summed E-state index contributed by atoms with van der Waals surface area (Å²) < 4.78 is 6.33. The van der Waals surface area contributed by atoms with Crippen molar-refractivity contribution in [2.24, 2.45) is 0 Å². The molecule has 2 aliphatic rings. The van der Waals surface area contributed by atoms with Crippen molar-refractivity contribution in [2.75, 3.05) is 25.4 Å². The fraction of sp³-hybridized carbons (Fsp3) is 0.391. The summed E-state index contributed by atoms with van der Waals surface area (Å²) in [6.45, 7) is 2.00. The van der Waals surface area contributed by atoms with Gasteiger partial charge in [-0.3, -0.25) is 4.79 Å². The van der Waals surface area contributed by atoms with Crippen LogP contribution < -0.4 is 5.73 Å². The van der Waals surface area contributed by atoms with Gasteiger partial charge in [0.05, 0.1) is 18.0 Å². The maximum absolute atomic E-state index is 12.7. The molecule has 7 nitrogen and oxygen atoms in total. The number of anilines is 1. The van der Waals surface area contributed by atoms with E-state index in [1.807, 2.05) is 46.8 Å². The summed E-state index contributed by atoms with van der Waals surface area (Å²) in [5.74, 6) is 0.885. The van der Waals surface area contributed by atoms with Crippen molar-refractivity contribution < 1.29 is 9.53 Å². The van der Waals surface area contributed by atoms with E-state index in [2.05, 4.69) is 9.97 Å². The number of hydrogen-bond acceptors (Lipinski definition) is 7. The molecule has 160 valence electrons. The van der Waals surface area contributed by atoms with E-state index in [1.165, 1.54) is 11.3 Å². The zero-order valence-corrected chi connectivity index (χ0v) is 18.1. The van der Waals surface area contributed by atoms with Crippen LogP contribution in [0.1, 0.15) is 36.2 Å². The van der Waals surface area contributed by atoms with Gasteiger partial charge >= 0.3 is 0 Å². The second-order valence-electron chi connectivity index (χ2n) is 8.08. The Hall–Kier alpha value is -2.84. The summed E-state index contributed by atoms with van der Waals surface area (Å²) in [5, 5.41) is 2.47. The molecule has 1 aromatic carbocycles. The minimum absolute atomic E-state index is 0.158. The first-order chi connectivity index (χ1) is 15.1. The van der Waals surface area contributed by atoms with Crippen LogP contribution in [0.2, 0.25) is 0 Å². The standard InChI is InChI=1S/C23H25N5O2S/c24-22-26-18(15-31-22)6-7-19(29)28-11-9-23(10-12-28)20-17(8-13-30-23)14-25-21(27-20)16-4-2-1-3-5-16/h1-5,14-15H,6-13H2,(H2,24,26). The summed E-state index contributed by atoms with van der Waals surface area (Å²) in [6, 6.07) is 10.0. The van der Waals surface area contributed by atoms with Crippen molar-refractivity contribution in [3.63, 3.8) is 0 Å². The lowest BCUT2D eigenvalue weighted by molar-refractivity contribution is -0.141. The first-order valence-electron chi connectivity index (χ1n) is 10.7. The first-order valence-corrected chi connectivity index (χ1v) is 11.5. The van der Waals surface area contributed by atoms with Crippen LogP contribution in [0.3, 0.4) is 0 Å². The lowest BCUT2D eigenvalue weighted by atomic mass is 9.83. The number of nitrogen functional groups attached to an aromatic ring is 1. The van der Waals surface area contributed by atoms with Gasteiger partial charge < -0.3 is 15.4 Å². The number of nitrogens with zero attached hydrogens (tertiary/aromatic N) is 4. The van der Waals surface area contributed by atoms with Gasteiger partial charge in [0.1, 0.15) is 5.60 Å². The predicted molar refractivity (Wildman–Crippen MR) is 119 cm³/mol. The van der Waals surface area contributed by atoms with Gasteiger partial charge in [-0.15, -0.1) is 11.3 Å². The van der Waals surface area contributed by atoms with Crippen molar-refractivity contribution in [1.82, 2.24) is 19.9 Å². The number of benzene rings is 1. The average Bonchev–Trinajstić information content (AvgIpc) is 3.24. The molecule has 2 N–H and O–H groups in total. The summed E-state index contributed by atoms with van der Waals surface area (Å²) in [7, 11) is 0. The second kappa shape index (κ2) is 8.36. The van der Waals surface area contributed by atoms with Gasteiger partial charge in [0.15, 0.2) is 11.0 Å². The van der Waals surface area contributed by atoms with E-state index in [4.69, 9.17) is 15.5 Å². The van der Waals surface area contributed by atoms with E-state index < -0.39 is 5.60 Å². The molecule has 2 aromatic heterocycles. The maximum Gasteiger partial charge on any atom is 0.222 e. The Bertz CT molecular complexity index is 1080. The molecule has 1 fully saturated rings. The largest absolute Gasteiger partial charge is 0.375 e. The molecule has 0 saturated carbocycles. The lowest BCUT2D eigenvalue weighted by Gasteiger charge is -2.44. The van der Waals surface area contributed by atoms with E-state index in [1.54, 1.807) is 0 Å². The highest BCUT2D eigenvalue weighted by Crippen LogP contribution is 2.41. The zero-order chi connectivity index (χ0) is 21.3. The summed E-state index contributed by atoms with van der Waals surface area (Å²) >= 11 is 1.41. The molecule has 0 unspecified atom stereocenters. The van der Waals surface area contributed by atoms with E-state index in [-0.39, 0.29) is 5.91 Å². The van der Waals surface area contributed by atoms with E-state index in [0.29, 0.717) is 37.7 Å². The molecule has 3 aromatic rings. The van der Waals surface area contributed by atoms with Crippen LogP contribution in [0.5, 0.6) is 0 Å². The monoisotopic (exact) mass is 435 g/mol. The molecule has 31 heavy (non-hydrogen) atoms. The third kappa shape index (κ3) is 4.05. The number of amides is 1. The lowest BCUT2D eigenvalue weighted by Crippen LogP contribution is -2.49. The highest BCUT2D eigenvalue weighted by Gasteiger charge is 2.43. The van der Waals surface area contributed by atoms with Crippen molar-refractivity contribution in [2.45, 2.75) is 37.7 Å². The minimum atomic E-state index is -0.430. The molecule has 0 radical (unpaired) electrons. The van der Waals surface area contributed by atoms with Gasteiger partial charge in [0.25, 0.3) is 0 Å². The summed E-state index contributed by atoms with van der Waals surface area (Å²) in [4.78, 5) is 28.5. The van der Waals surface area contributed by atoms with Crippen LogP contribution in [0.25, 0.3) is 11.4 Å². The van der Waals surface area contributed by atoms with Crippen molar-refractivity contribution in [1.29, 1.82) is 0 Å². The predicted octanol–water partition coefficient (Wildman–Crippen LogP) is 3.21. The minimum Gasteiger partial charge on any atom is -0.375 e. The third-order valence-corrected chi connectivity index (χ3v) is 6.89. The number of rotatable bonds is 4. The number of aryl methyl sites for hydroxylation is 1. The molecular formula is C23H25N5O2S. The quantitative estimate of drug-likeness (QED) is 0.676. The Morgan fingerprint density at radius 1 is 1.19 bits per heavy atom. The fourth-order valence-corrected chi connectivity index (χ4v) is 5.06. The van der Waals surface area contributed by atoms with Gasteiger partial charge in [-0.05, 0) is 31.2 Å². The normalized spacial score (nSPS) is 17.5. The number of piperidine rings is 1. The number of carbonyl (C=O) groups excluding carboxylic acids is 1. The van der Waals surface area contributed by atoms with Crippen LogP contribution in [0.4, 0.5) is 5.13 Å². The molecule has 1 spiro atoms. The topological polar surface area (TPSA) is 94.2 Å². The average molecular weight is 436 g/mol. The molecule has 0 aliphatic carbocycles. The van der Waals surface area contributed by atoms with Gasteiger partial charge in [-0.2, -0.15) is 0 Å². The Balaban J connectivity index is 1.30. The number of carbonyl (C=O) groups is 1. The highest BCUT2D eigenvalue weighted by molar-refractivity contribution is 7.13. The Morgan fingerprint density at radius 3 is 2.74 bits per heavy atom. The SMILES string of the molecule is Nc1nc(CCC(=O)N2CCC3(CC2)OCCc2cnc(-c4ccccc4)nc23)cs1. The molecule has 1 amide bonds. The van der Waals surface area contributed by atoms with Crippen LogP contribution in [0, 0.1) is 0 Å². The van der Waals surface area contributed by atoms with Gasteiger partial charge in [-0.1, -0.05) is 30.3 Å². The van der Waals surface area contributed by atoms with Crippen LogP contribution >= 0.6 is 11.3 Å². The van der Waals surface area contributed by atoms with Gasteiger partial charge in [0, 0.05) is 36.7 Å². The molecule has 0 atom stereocenters. The van der Waals surface area contributed by atoms with E-state index >= 15 is 0 Å². The number of hydrogen-bond donors (Lipinski definition) is 1. The highest BCUT2D eigenvalue weighted by atomic mass is 32.1. The number of ether oxygens (including phenoxy) is 1. The number of nitrogens with two attached hydrogens (primary N) is 1. The fourth-order valence-electron chi connectivity index (χ4n) is 4.46. The summed E-state index contributed by atoms with van der Waals surface area (Å²) in [6.07, 6.45) is 5.36. The number of likely N-dealkylation sites (tertiary alicyclic amines) is 1. The first kappa shape index (κ1) is 20.1. The smallest absolute Gasteiger partial charge is 0.222 e. The van der Waals surface area contributed by atoms with Crippen LogP contribution in [0.15, 0.2) is 41.9 Å². The van der Waals surface area contributed by atoms with Crippen molar-refractivity contribution >= 4 is 22.4 Å². The number of fused-ring (bicyclic) bond motifs is 2. The third-order valence-electron chi connectivity index (χ3n) is 6.17. The van der Waals surface area contributed by atoms with Gasteiger partial charge in [-0.25, -0.2) is 15.0 Å². The van der Waals surface area contributed by atoms with E-state index in [0.717, 1.165) is 47.6 Å². The van der Waals surface area contributed by atoms with E-state index in [9.17, 15) is 4.79 Å².